The van der Waals surface area contributed by atoms with E-state index in [-0.39, 0.29) is 0 Å². The number of nitrogens with zero attached hydrogens (tertiary/aromatic N) is 1. The minimum Gasteiger partial charge on any atom is -0.388 e. The summed E-state index contributed by atoms with van der Waals surface area (Å²) >= 11 is 0. The molecule has 0 amide bonds. The minimum atomic E-state index is -0.851. The van der Waals surface area contributed by atoms with Crippen molar-refractivity contribution in [3.63, 3.8) is 0 Å². The fourth-order valence-electron chi connectivity index (χ4n) is 2.86. The Morgan fingerprint density at radius 1 is 1.21 bits per heavy atom. The highest BCUT2D eigenvalue weighted by Gasteiger charge is 2.23. The van der Waals surface area contributed by atoms with Gasteiger partial charge in [-0.1, -0.05) is 0 Å². The molecule has 0 radical (unpaired) electrons. The van der Waals surface area contributed by atoms with Crippen molar-refractivity contribution in [3.05, 3.63) is 52.9 Å². The van der Waals surface area contributed by atoms with Crippen LogP contribution in [0.2, 0.25) is 0 Å². The van der Waals surface area contributed by atoms with Gasteiger partial charge in [0.05, 0.1) is 6.10 Å². The number of aliphatic hydroxyl groups excluding tert-OH is 1. The van der Waals surface area contributed by atoms with Gasteiger partial charge in [0.15, 0.2) is 11.6 Å². The van der Waals surface area contributed by atoms with Crippen molar-refractivity contribution in [1.29, 1.82) is 0 Å². The van der Waals surface area contributed by atoms with Gasteiger partial charge in [0, 0.05) is 28.7 Å². The molecular weight excluding hydrogens is 248 g/mol. The molecule has 4 heteroatoms. The Kier molecular flexibility index (Phi) is 2.90. The second-order valence-corrected chi connectivity index (χ2v) is 5.03. The lowest BCUT2D eigenvalue weighted by Crippen LogP contribution is -2.11. The van der Waals surface area contributed by atoms with E-state index in [2.05, 4.69) is 0 Å². The van der Waals surface area contributed by atoms with Crippen molar-refractivity contribution in [1.82, 2.24) is 4.57 Å². The molecule has 100 valence electrons. The van der Waals surface area contributed by atoms with Crippen LogP contribution in [0.5, 0.6) is 0 Å². The first-order valence-electron chi connectivity index (χ1n) is 6.42. The molecule has 0 saturated heterocycles. The number of benzene rings is 1. The first kappa shape index (κ1) is 12.4. The van der Waals surface area contributed by atoms with Gasteiger partial charge in [-0.25, -0.2) is 8.78 Å². The molecule has 1 aromatic heterocycles. The van der Waals surface area contributed by atoms with Gasteiger partial charge in [-0.15, -0.1) is 0 Å². The lowest BCUT2D eigenvalue weighted by Gasteiger charge is -2.20. The van der Waals surface area contributed by atoms with Crippen LogP contribution in [0.1, 0.15) is 35.9 Å². The van der Waals surface area contributed by atoms with E-state index in [1.54, 1.807) is 6.07 Å². The molecule has 1 aromatic carbocycles. The SMILES string of the molecule is Cc1cc2c(n1-c1ccc(F)c(F)c1)CCCC2O. The molecule has 1 atom stereocenters. The average Bonchev–Trinajstić information content (AvgIpc) is 2.71. The number of aryl methyl sites for hydroxylation is 1. The van der Waals surface area contributed by atoms with Crippen LogP contribution in [0.15, 0.2) is 24.3 Å². The average molecular weight is 263 g/mol. The first-order chi connectivity index (χ1) is 9.08. The fraction of sp³-hybridized carbons (Fsp3) is 0.333. The van der Waals surface area contributed by atoms with Crippen LogP contribution in [0, 0.1) is 18.6 Å². The van der Waals surface area contributed by atoms with E-state index in [1.807, 2.05) is 17.6 Å². The van der Waals surface area contributed by atoms with Gasteiger partial charge in [0.25, 0.3) is 0 Å². The van der Waals surface area contributed by atoms with Gasteiger partial charge in [0.1, 0.15) is 0 Å². The Morgan fingerprint density at radius 3 is 2.74 bits per heavy atom. The van der Waals surface area contributed by atoms with Crippen molar-refractivity contribution in [2.75, 3.05) is 0 Å². The summed E-state index contributed by atoms with van der Waals surface area (Å²) in [6.07, 6.45) is 2.06. The van der Waals surface area contributed by atoms with Crippen LogP contribution in [-0.4, -0.2) is 9.67 Å². The van der Waals surface area contributed by atoms with Crippen LogP contribution in [-0.2, 0) is 6.42 Å². The molecule has 2 nitrogen and oxygen atoms in total. The summed E-state index contributed by atoms with van der Waals surface area (Å²) in [5.41, 5.74) is 3.44. The van der Waals surface area contributed by atoms with Crippen molar-refractivity contribution in [2.24, 2.45) is 0 Å². The van der Waals surface area contributed by atoms with Crippen LogP contribution in [0.4, 0.5) is 8.78 Å². The molecule has 1 N–H and O–H groups in total. The van der Waals surface area contributed by atoms with E-state index in [1.165, 1.54) is 6.07 Å². The van der Waals surface area contributed by atoms with Crippen molar-refractivity contribution in [2.45, 2.75) is 32.3 Å². The lowest BCUT2D eigenvalue weighted by atomic mass is 9.95. The largest absolute Gasteiger partial charge is 0.388 e. The smallest absolute Gasteiger partial charge is 0.160 e. The van der Waals surface area contributed by atoms with Gasteiger partial charge in [-0.3, -0.25) is 0 Å². The molecule has 1 heterocycles. The normalized spacial score (nSPS) is 18.4. The van der Waals surface area contributed by atoms with E-state index < -0.39 is 17.7 Å². The second kappa shape index (κ2) is 4.46. The Balaban J connectivity index is 2.17. The molecule has 3 rings (SSSR count). The highest BCUT2D eigenvalue weighted by molar-refractivity contribution is 5.43. The second-order valence-electron chi connectivity index (χ2n) is 5.03. The molecule has 1 aliphatic carbocycles. The third-order valence-electron chi connectivity index (χ3n) is 3.73. The monoisotopic (exact) mass is 263 g/mol. The molecular formula is C15H15F2NO. The molecule has 1 aliphatic rings. The quantitative estimate of drug-likeness (QED) is 0.837. The number of halogens is 2. The lowest BCUT2D eigenvalue weighted by molar-refractivity contribution is 0.156. The standard InChI is InChI=1S/C15H15F2NO/c1-9-7-11-14(3-2-4-15(11)19)18(9)10-5-6-12(16)13(17)8-10/h5-8,15,19H,2-4H2,1H3. The highest BCUT2D eigenvalue weighted by atomic mass is 19.2. The van der Waals surface area contributed by atoms with Gasteiger partial charge in [-0.2, -0.15) is 0 Å². The maximum absolute atomic E-state index is 13.4. The van der Waals surface area contributed by atoms with Crippen LogP contribution in [0.25, 0.3) is 5.69 Å². The van der Waals surface area contributed by atoms with Crippen LogP contribution >= 0.6 is 0 Å². The third kappa shape index (κ3) is 1.96. The number of aliphatic hydroxyl groups is 1. The zero-order valence-corrected chi connectivity index (χ0v) is 10.7. The predicted octanol–water partition coefficient (Wildman–Crippen LogP) is 3.43. The van der Waals surface area contributed by atoms with E-state index in [4.69, 9.17) is 0 Å². The molecule has 0 aliphatic heterocycles. The van der Waals surface area contributed by atoms with Crippen LogP contribution in [0.3, 0.4) is 0 Å². The number of hydrogen-bond acceptors (Lipinski definition) is 1. The van der Waals surface area contributed by atoms with Gasteiger partial charge in [0.2, 0.25) is 0 Å². The van der Waals surface area contributed by atoms with E-state index in [9.17, 15) is 13.9 Å². The predicted molar refractivity (Wildman–Crippen MR) is 68.3 cm³/mol. The van der Waals surface area contributed by atoms with Gasteiger partial charge < -0.3 is 9.67 Å². The maximum Gasteiger partial charge on any atom is 0.160 e. The number of fused-ring (bicyclic) bond motifs is 1. The maximum atomic E-state index is 13.4. The summed E-state index contributed by atoms with van der Waals surface area (Å²) in [6.45, 7) is 1.91. The Hall–Kier alpha value is -1.68. The minimum absolute atomic E-state index is 0.450. The molecule has 19 heavy (non-hydrogen) atoms. The summed E-state index contributed by atoms with van der Waals surface area (Å²) in [4.78, 5) is 0. The van der Waals surface area contributed by atoms with E-state index in [0.717, 1.165) is 42.3 Å². The zero-order valence-electron chi connectivity index (χ0n) is 10.7. The van der Waals surface area contributed by atoms with Crippen molar-refractivity contribution >= 4 is 0 Å². The summed E-state index contributed by atoms with van der Waals surface area (Å²) < 4.78 is 28.3. The zero-order chi connectivity index (χ0) is 13.6. The highest BCUT2D eigenvalue weighted by Crippen LogP contribution is 2.34. The van der Waals surface area contributed by atoms with Gasteiger partial charge in [-0.05, 0) is 44.4 Å². The number of rotatable bonds is 1. The molecule has 0 spiro atoms. The van der Waals surface area contributed by atoms with Gasteiger partial charge >= 0.3 is 0 Å². The summed E-state index contributed by atoms with van der Waals surface area (Å²) in [7, 11) is 0. The Labute approximate surface area is 110 Å². The van der Waals surface area contributed by atoms with Crippen molar-refractivity contribution in [3.8, 4) is 5.69 Å². The van der Waals surface area contributed by atoms with Crippen molar-refractivity contribution < 1.29 is 13.9 Å². The first-order valence-corrected chi connectivity index (χ1v) is 6.42. The topological polar surface area (TPSA) is 25.2 Å². The van der Waals surface area contributed by atoms with Crippen LogP contribution < -0.4 is 0 Å². The molecule has 0 fully saturated rings. The molecule has 0 bridgehead atoms. The Bertz CT molecular complexity index is 633. The summed E-state index contributed by atoms with van der Waals surface area (Å²) in [5.74, 6) is -1.70. The summed E-state index contributed by atoms with van der Waals surface area (Å²) in [6, 6.07) is 5.83. The molecule has 1 unspecified atom stereocenters. The molecule has 2 aromatic rings. The fourth-order valence-corrected chi connectivity index (χ4v) is 2.86. The molecule has 0 saturated carbocycles. The van der Waals surface area contributed by atoms with E-state index in [0.29, 0.717) is 5.69 Å². The number of hydrogen-bond donors (Lipinski definition) is 1. The number of aromatic nitrogens is 1. The summed E-state index contributed by atoms with van der Waals surface area (Å²) in [5, 5.41) is 10.00. The van der Waals surface area contributed by atoms with E-state index >= 15 is 0 Å². The third-order valence-corrected chi connectivity index (χ3v) is 3.73. The Morgan fingerprint density at radius 2 is 2.00 bits per heavy atom.